The number of ether oxygens (including phenoxy) is 1. The summed E-state index contributed by atoms with van der Waals surface area (Å²) in [6, 6.07) is 6.07. The van der Waals surface area contributed by atoms with Crippen molar-refractivity contribution >= 4 is 17.3 Å². The van der Waals surface area contributed by atoms with E-state index in [0.717, 1.165) is 30.5 Å². The minimum atomic E-state index is 0.272. The van der Waals surface area contributed by atoms with Crippen molar-refractivity contribution in [3.63, 3.8) is 0 Å². The first-order chi connectivity index (χ1) is 7.09. The molecule has 0 spiro atoms. The Labute approximate surface area is 95.6 Å². The molecular formula is C12H16ClNO. The first kappa shape index (κ1) is 10.8. The minimum Gasteiger partial charge on any atom is -0.383 e. The maximum atomic E-state index is 6.13. The average molecular weight is 226 g/mol. The lowest BCUT2D eigenvalue weighted by Gasteiger charge is -2.38. The molecule has 1 aromatic rings. The van der Waals surface area contributed by atoms with Gasteiger partial charge < -0.3 is 10.1 Å². The van der Waals surface area contributed by atoms with Crippen molar-refractivity contribution in [1.29, 1.82) is 0 Å². The number of nitrogens with one attached hydrogen (secondary N) is 1. The van der Waals surface area contributed by atoms with Crippen molar-refractivity contribution in [3.05, 3.63) is 28.8 Å². The van der Waals surface area contributed by atoms with Crippen LogP contribution in [0.2, 0.25) is 5.02 Å². The van der Waals surface area contributed by atoms with Gasteiger partial charge in [0, 0.05) is 12.0 Å². The van der Waals surface area contributed by atoms with E-state index in [-0.39, 0.29) is 5.41 Å². The molecule has 0 atom stereocenters. The molecule has 15 heavy (non-hydrogen) atoms. The predicted molar refractivity (Wildman–Crippen MR) is 63.6 cm³/mol. The Bertz CT molecular complexity index is 361. The van der Waals surface area contributed by atoms with Gasteiger partial charge in [-0.2, -0.15) is 0 Å². The number of anilines is 1. The van der Waals surface area contributed by atoms with Crippen LogP contribution in [-0.4, -0.2) is 19.8 Å². The molecule has 0 saturated carbocycles. The normalized spacial score (nSPS) is 18.3. The molecule has 0 aromatic heterocycles. The van der Waals surface area contributed by atoms with Gasteiger partial charge in [0.05, 0.1) is 23.9 Å². The molecule has 2 rings (SSSR count). The molecule has 0 amide bonds. The van der Waals surface area contributed by atoms with Crippen molar-refractivity contribution in [3.8, 4) is 0 Å². The summed E-state index contributed by atoms with van der Waals surface area (Å²) in [4.78, 5) is 0. The van der Waals surface area contributed by atoms with Gasteiger partial charge in [-0.15, -0.1) is 0 Å². The van der Waals surface area contributed by atoms with E-state index in [1.807, 2.05) is 19.1 Å². The third-order valence-corrected chi connectivity index (χ3v) is 3.04. The van der Waals surface area contributed by atoms with Gasteiger partial charge in [0.25, 0.3) is 0 Å². The molecule has 0 bridgehead atoms. The quantitative estimate of drug-likeness (QED) is 0.854. The second kappa shape index (κ2) is 4.03. The molecule has 1 aliphatic heterocycles. The van der Waals surface area contributed by atoms with Gasteiger partial charge in [0.2, 0.25) is 0 Å². The molecule has 82 valence electrons. The van der Waals surface area contributed by atoms with E-state index in [9.17, 15) is 0 Å². The third-order valence-electron chi connectivity index (χ3n) is 2.73. The van der Waals surface area contributed by atoms with Crippen molar-refractivity contribution in [2.24, 2.45) is 5.41 Å². The summed E-state index contributed by atoms with van der Waals surface area (Å²) >= 11 is 6.13. The van der Waals surface area contributed by atoms with Gasteiger partial charge in [0.15, 0.2) is 0 Å². The molecule has 3 heteroatoms. The van der Waals surface area contributed by atoms with Crippen LogP contribution in [0.15, 0.2) is 18.2 Å². The van der Waals surface area contributed by atoms with Crippen molar-refractivity contribution in [1.82, 2.24) is 0 Å². The number of rotatable bonds is 3. The summed E-state index contributed by atoms with van der Waals surface area (Å²) in [6.07, 6.45) is 0. The number of halogens is 1. The van der Waals surface area contributed by atoms with Crippen LogP contribution in [0, 0.1) is 12.3 Å². The van der Waals surface area contributed by atoms with Crippen molar-refractivity contribution in [2.75, 3.05) is 25.1 Å². The lowest BCUT2D eigenvalue weighted by atomic mass is 9.89. The fourth-order valence-electron chi connectivity index (χ4n) is 1.62. The zero-order valence-electron chi connectivity index (χ0n) is 9.14. The largest absolute Gasteiger partial charge is 0.383 e. The van der Waals surface area contributed by atoms with Gasteiger partial charge >= 0.3 is 0 Å². The topological polar surface area (TPSA) is 21.3 Å². The summed E-state index contributed by atoms with van der Waals surface area (Å²) in [5.74, 6) is 0. The SMILES string of the molecule is Cc1ccc(NCC2(C)COC2)c(Cl)c1. The zero-order valence-corrected chi connectivity index (χ0v) is 9.90. The van der Waals surface area contributed by atoms with Crippen LogP contribution < -0.4 is 5.32 Å². The highest BCUT2D eigenvalue weighted by molar-refractivity contribution is 6.33. The summed E-state index contributed by atoms with van der Waals surface area (Å²) < 4.78 is 5.20. The Hall–Kier alpha value is -0.730. The van der Waals surface area contributed by atoms with E-state index in [2.05, 4.69) is 18.3 Å². The molecule has 0 unspecified atom stereocenters. The first-order valence-corrected chi connectivity index (χ1v) is 5.55. The van der Waals surface area contributed by atoms with Crippen LogP contribution in [0.25, 0.3) is 0 Å². The Balaban J connectivity index is 1.98. The molecule has 1 saturated heterocycles. The Morgan fingerprint density at radius 2 is 2.20 bits per heavy atom. The van der Waals surface area contributed by atoms with Gasteiger partial charge in [-0.05, 0) is 24.6 Å². The van der Waals surface area contributed by atoms with Crippen LogP contribution in [0.1, 0.15) is 12.5 Å². The fraction of sp³-hybridized carbons (Fsp3) is 0.500. The molecule has 0 radical (unpaired) electrons. The smallest absolute Gasteiger partial charge is 0.0640 e. The molecule has 2 nitrogen and oxygen atoms in total. The third kappa shape index (κ3) is 2.44. The maximum absolute atomic E-state index is 6.13. The lowest BCUT2D eigenvalue weighted by molar-refractivity contribution is -0.0924. The molecular weight excluding hydrogens is 210 g/mol. The minimum absolute atomic E-state index is 0.272. The van der Waals surface area contributed by atoms with Crippen molar-refractivity contribution in [2.45, 2.75) is 13.8 Å². The zero-order chi connectivity index (χ0) is 10.9. The predicted octanol–water partition coefficient (Wildman–Crippen LogP) is 3.10. The van der Waals surface area contributed by atoms with Crippen LogP contribution in [0.3, 0.4) is 0 Å². The van der Waals surface area contributed by atoms with E-state index in [0.29, 0.717) is 0 Å². The molecule has 0 aliphatic carbocycles. The standard InChI is InChI=1S/C12H16ClNO/c1-9-3-4-11(10(13)5-9)14-6-12(2)7-15-8-12/h3-5,14H,6-8H2,1-2H3. The molecule has 1 aromatic carbocycles. The van der Waals surface area contributed by atoms with E-state index in [4.69, 9.17) is 16.3 Å². The highest BCUT2D eigenvalue weighted by Gasteiger charge is 2.32. The monoisotopic (exact) mass is 225 g/mol. The maximum Gasteiger partial charge on any atom is 0.0640 e. The van der Waals surface area contributed by atoms with Crippen LogP contribution in [-0.2, 0) is 4.74 Å². The summed E-state index contributed by atoms with van der Waals surface area (Å²) in [6.45, 7) is 6.84. The van der Waals surface area contributed by atoms with Gasteiger partial charge in [-0.3, -0.25) is 0 Å². The summed E-state index contributed by atoms with van der Waals surface area (Å²) in [5, 5.41) is 4.16. The number of hydrogen-bond donors (Lipinski definition) is 1. The van der Waals surface area contributed by atoms with Crippen LogP contribution >= 0.6 is 11.6 Å². The highest BCUT2D eigenvalue weighted by Crippen LogP contribution is 2.29. The highest BCUT2D eigenvalue weighted by atomic mass is 35.5. The van der Waals surface area contributed by atoms with E-state index >= 15 is 0 Å². The summed E-state index contributed by atoms with van der Waals surface area (Å²) in [7, 11) is 0. The Morgan fingerprint density at radius 3 is 2.73 bits per heavy atom. The number of benzene rings is 1. The van der Waals surface area contributed by atoms with E-state index in [1.165, 1.54) is 5.56 Å². The molecule has 1 fully saturated rings. The summed E-state index contributed by atoms with van der Waals surface area (Å²) in [5.41, 5.74) is 2.47. The lowest BCUT2D eigenvalue weighted by Crippen LogP contribution is -2.45. The van der Waals surface area contributed by atoms with E-state index < -0.39 is 0 Å². The second-order valence-electron chi connectivity index (χ2n) is 4.64. The van der Waals surface area contributed by atoms with Crippen LogP contribution in [0.4, 0.5) is 5.69 Å². The van der Waals surface area contributed by atoms with Crippen LogP contribution in [0.5, 0.6) is 0 Å². The van der Waals surface area contributed by atoms with Crippen molar-refractivity contribution < 1.29 is 4.74 Å². The number of hydrogen-bond acceptors (Lipinski definition) is 2. The number of aryl methyl sites for hydroxylation is 1. The Morgan fingerprint density at radius 1 is 1.47 bits per heavy atom. The fourth-order valence-corrected chi connectivity index (χ4v) is 1.93. The first-order valence-electron chi connectivity index (χ1n) is 5.17. The van der Waals surface area contributed by atoms with Gasteiger partial charge in [-0.25, -0.2) is 0 Å². The average Bonchev–Trinajstić information content (AvgIpc) is 2.14. The molecule has 1 aliphatic rings. The molecule has 1 heterocycles. The van der Waals surface area contributed by atoms with Gasteiger partial charge in [0.1, 0.15) is 0 Å². The Kier molecular flexibility index (Phi) is 2.89. The van der Waals surface area contributed by atoms with Gasteiger partial charge in [-0.1, -0.05) is 24.6 Å². The van der Waals surface area contributed by atoms with E-state index in [1.54, 1.807) is 0 Å². The second-order valence-corrected chi connectivity index (χ2v) is 5.05. The molecule has 1 N–H and O–H groups in total.